The molecule has 0 amide bonds. The Hall–Kier alpha value is -1.28. The van der Waals surface area contributed by atoms with Crippen LogP contribution in [0.25, 0.3) is 10.9 Å². The molecule has 26 heavy (non-hydrogen) atoms. The Bertz CT molecular complexity index is 711. The second kappa shape index (κ2) is 10.2. The summed E-state index contributed by atoms with van der Waals surface area (Å²) in [5.74, 6) is 0. The smallest absolute Gasteiger partial charge is 0.0727 e. The van der Waals surface area contributed by atoms with Crippen molar-refractivity contribution in [3.63, 3.8) is 0 Å². The Kier molecular flexibility index (Phi) is 7.61. The molecule has 0 saturated heterocycles. The Morgan fingerprint density at radius 3 is 2.50 bits per heavy atom. The van der Waals surface area contributed by atoms with Gasteiger partial charge in [0.2, 0.25) is 0 Å². The first-order chi connectivity index (χ1) is 12.8. The summed E-state index contributed by atoms with van der Waals surface area (Å²) in [7, 11) is 0. The van der Waals surface area contributed by atoms with Gasteiger partial charge in [-0.1, -0.05) is 63.5 Å². The third-order valence-corrected chi connectivity index (χ3v) is 5.79. The van der Waals surface area contributed by atoms with Gasteiger partial charge in [-0.25, -0.2) is 0 Å². The second-order valence-corrected chi connectivity index (χ2v) is 8.12. The molecule has 0 bridgehead atoms. The lowest BCUT2D eigenvalue weighted by atomic mass is 9.92. The number of unbranched alkanes of at least 4 members (excludes halogenated alkanes) is 7. The summed E-state index contributed by atoms with van der Waals surface area (Å²) >= 11 is 6.27. The van der Waals surface area contributed by atoms with Gasteiger partial charge >= 0.3 is 0 Å². The Morgan fingerprint density at radius 1 is 0.962 bits per heavy atom. The number of rotatable bonds is 10. The number of benzene rings is 1. The van der Waals surface area contributed by atoms with E-state index in [0.717, 1.165) is 29.9 Å². The van der Waals surface area contributed by atoms with Crippen LogP contribution in [-0.4, -0.2) is 11.5 Å². The minimum absolute atomic E-state index is 0.796. The number of aromatic nitrogens is 1. The Balaban J connectivity index is 1.59. The quantitative estimate of drug-likeness (QED) is 0.442. The van der Waals surface area contributed by atoms with E-state index in [2.05, 4.69) is 24.4 Å². The van der Waals surface area contributed by atoms with E-state index in [1.165, 1.54) is 86.5 Å². The van der Waals surface area contributed by atoms with Gasteiger partial charge in [-0.3, -0.25) is 4.98 Å². The molecule has 3 rings (SSSR count). The first kappa shape index (κ1) is 19.5. The summed E-state index contributed by atoms with van der Waals surface area (Å²) in [5.41, 5.74) is 5.11. The van der Waals surface area contributed by atoms with E-state index in [1.807, 2.05) is 6.07 Å². The van der Waals surface area contributed by atoms with E-state index in [1.54, 1.807) is 0 Å². The number of halogens is 1. The van der Waals surface area contributed by atoms with E-state index in [4.69, 9.17) is 16.6 Å². The maximum Gasteiger partial charge on any atom is 0.0727 e. The lowest BCUT2D eigenvalue weighted by Crippen LogP contribution is -2.12. The number of nitrogens with one attached hydrogen (secondary N) is 1. The van der Waals surface area contributed by atoms with Crippen LogP contribution < -0.4 is 5.32 Å². The van der Waals surface area contributed by atoms with Crippen LogP contribution in [0.2, 0.25) is 5.02 Å². The fourth-order valence-electron chi connectivity index (χ4n) is 4.07. The SMILES string of the molecule is CCCCCCCCCCNc1c2c(nc3ccc(Cl)cc13)CCCC2. The summed E-state index contributed by atoms with van der Waals surface area (Å²) in [6.45, 7) is 3.33. The minimum atomic E-state index is 0.796. The predicted octanol–water partition coefficient (Wildman–Crippen LogP) is 7.32. The third-order valence-electron chi connectivity index (χ3n) is 5.56. The summed E-state index contributed by atoms with van der Waals surface area (Å²) in [5, 5.41) is 5.74. The molecule has 2 nitrogen and oxygen atoms in total. The first-order valence-electron chi connectivity index (χ1n) is 10.6. The van der Waals surface area contributed by atoms with Crippen molar-refractivity contribution in [3.8, 4) is 0 Å². The molecule has 0 fully saturated rings. The molecule has 1 aliphatic carbocycles. The Morgan fingerprint density at radius 2 is 1.69 bits per heavy atom. The van der Waals surface area contributed by atoms with Crippen molar-refractivity contribution in [1.82, 2.24) is 4.98 Å². The number of fused-ring (bicyclic) bond motifs is 2. The zero-order valence-electron chi connectivity index (χ0n) is 16.2. The van der Waals surface area contributed by atoms with Crippen LogP contribution in [-0.2, 0) is 12.8 Å². The Labute approximate surface area is 163 Å². The number of hydrogen-bond acceptors (Lipinski definition) is 2. The number of nitrogens with zero attached hydrogens (tertiary/aromatic N) is 1. The lowest BCUT2D eigenvalue weighted by molar-refractivity contribution is 0.581. The average molecular weight is 373 g/mol. The molecular formula is C23H33ClN2. The van der Waals surface area contributed by atoms with E-state index >= 15 is 0 Å². The largest absolute Gasteiger partial charge is 0.384 e. The second-order valence-electron chi connectivity index (χ2n) is 7.68. The molecule has 0 unspecified atom stereocenters. The lowest BCUT2D eigenvalue weighted by Gasteiger charge is -2.22. The van der Waals surface area contributed by atoms with Crippen LogP contribution in [0, 0.1) is 0 Å². The molecule has 0 spiro atoms. The summed E-state index contributed by atoms with van der Waals surface area (Å²) in [6.07, 6.45) is 15.7. The van der Waals surface area contributed by atoms with Gasteiger partial charge in [-0.05, 0) is 55.9 Å². The van der Waals surface area contributed by atoms with Crippen molar-refractivity contribution < 1.29 is 0 Å². The van der Waals surface area contributed by atoms with Gasteiger partial charge in [0.05, 0.1) is 5.52 Å². The molecule has 1 heterocycles. The van der Waals surface area contributed by atoms with E-state index < -0.39 is 0 Å². The molecule has 1 N–H and O–H groups in total. The maximum atomic E-state index is 6.27. The zero-order chi connectivity index (χ0) is 18.2. The first-order valence-corrected chi connectivity index (χ1v) is 11.0. The standard InChI is InChI=1S/C23H33ClN2/c1-2-3-4-5-6-7-8-11-16-25-23-19-12-9-10-13-21(19)26-22-15-14-18(24)17-20(22)23/h14-15,17H,2-13,16H2,1H3,(H,25,26). The number of pyridine rings is 1. The van der Waals surface area contributed by atoms with Crippen molar-refractivity contribution in [1.29, 1.82) is 0 Å². The van der Waals surface area contributed by atoms with Crippen LogP contribution >= 0.6 is 11.6 Å². The molecule has 1 aliphatic rings. The molecule has 2 aromatic rings. The van der Waals surface area contributed by atoms with Crippen LogP contribution in [0.1, 0.15) is 82.4 Å². The van der Waals surface area contributed by atoms with Crippen LogP contribution in [0.3, 0.4) is 0 Å². The monoisotopic (exact) mass is 372 g/mol. The number of anilines is 1. The van der Waals surface area contributed by atoms with E-state index in [9.17, 15) is 0 Å². The fourth-order valence-corrected chi connectivity index (χ4v) is 4.24. The van der Waals surface area contributed by atoms with Crippen LogP contribution in [0.4, 0.5) is 5.69 Å². The van der Waals surface area contributed by atoms with Crippen molar-refractivity contribution in [2.45, 2.75) is 84.0 Å². The molecular weight excluding hydrogens is 340 g/mol. The van der Waals surface area contributed by atoms with Crippen molar-refractivity contribution in [3.05, 3.63) is 34.5 Å². The zero-order valence-corrected chi connectivity index (χ0v) is 17.0. The van der Waals surface area contributed by atoms with Gasteiger partial charge in [0.15, 0.2) is 0 Å². The highest BCUT2D eigenvalue weighted by molar-refractivity contribution is 6.31. The molecule has 3 heteroatoms. The highest BCUT2D eigenvalue weighted by Gasteiger charge is 2.18. The third kappa shape index (κ3) is 5.13. The molecule has 0 aliphatic heterocycles. The summed E-state index contributed by atoms with van der Waals surface area (Å²) in [4.78, 5) is 4.91. The average Bonchev–Trinajstić information content (AvgIpc) is 2.66. The van der Waals surface area contributed by atoms with Gasteiger partial charge in [0, 0.05) is 28.3 Å². The predicted molar refractivity (Wildman–Crippen MR) is 114 cm³/mol. The summed E-state index contributed by atoms with van der Waals surface area (Å²) in [6, 6.07) is 6.09. The topological polar surface area (TPSA) is 24.9 Å². The summed E-state index contributed by atoms with van der Waals surface area (Å²) < 4.78 is 0. The highest BCUT2D eigenvalue weighted by Crippen LogP contribution is 2.34. The molecule has 1 aromatic carbocycles. The normalized spacial score (nSPS) is 13.8. The highest BCUT2D eigenvalue weighted by atomic mass is 35.5. The van der Waals surface area contributed by atoms with Gasteiger partial charge in [0.1, 0.15) is 0 Å². The van der Waals surface area contributed by atoms with Crippen molar-refractivity contribution in [2.24, 2.45) is 0 Å². The van der Waals surface area contributed by atoms with Gasteiger partial charge in [0.25, 0.3) is 0 Å². The number of hydrogen-bond donors (Lipinski definition) is 1. The van der Waals surface area contributed by atoms with Gasteiger partial charge in [-0.2, -0.15) is 0 Å². The van der Waals surface area contributed by atoms with Crippen LogP contribution in [0.15, 0.2) is 18.2 Å². The molecule has 142 valence electrons. The van der Waals surface area contributed by atoms with Crippen LogP contribution in [0.5, 0.6) is 0 Å². The van der Waals surface area contributed by atoms with E-state index in [0.29, 0.717) is 0 Å². The van der Waals surface area contributed by atoms with Gasteiger partial charge in [-0.15, -0.1) is 0 Å². The molecule has 0 radical (unpaired) electrons. The molecule has 0 atom stereocenters. The van der Waals surface area contributed by atoms with Gasteiger partial charge < -0.3 is 5.32 Å². The van der Waals surface area contributed by atoms with Crippen molar-refractivity contribution >= 4 is 28.2 Å². The maximum absolute atomic E-state index is 6.27. The number of aryl methyl sites for hydroxylation is 1. The molecule has 0 saturated carbocycles. The van der Waals surface area contributed by atoms with E-state index in [-0.39, 0.29) is 0 Å². The minimum Gasteiger partial charge on any atom is -0.384 e. The fraction of sp³-hybridized carbons (Fsp3) is 0.609. The van der Waals surface area contributed by atoms with Crippen molar-refractivity contribution in [2.75, 3.05) is 11.9 Å². The molecule has 1 aromatic heterocycles.